The standard InChI is InChI=1S/C22H24N4O3/c1-16(2)14-23-21(27)15-25-20(13-17-7-5-4-6-8-17)24-26(22(25)28)18-9-11-19(29-3)12-10-18/h4-12H,1,13-15H2,2-3H3,(H,23,27). The number of ether oxygens (including phenoxy) is 1. The molecule has 7 nitrogen and oxygen atoms in total. The first-order valence-electron chi connectivity index (χ1n) is 9.26. The van der Waals surface area contributed by atoms with E-state index < -0.39 is 0 Å². The minimum atomic E-state index is -0.369. The van der Waals surface area contributed by atoms with E-state index in [9.17, 15) is 9.59 Å². The summed E-state index contributed by atoms with van der Waals surface area (Å²) in [6.45, 7) is 5.86. The zero-order chi connectivity index (χ0) is 20.8. The molecule has 3 aromatic rings. The Bertz CT molecular complexity index is 1050. The van der Waals surface area contributed by atoms with Crippen LogP contribution in [0.25, 0.3) is 5.69 Å². The Morgan fingerprint density at radius 3 is 2.45 bits per heavy atom. The lowest BCUT2D eigenvalue weighted by molar-refractivity contribution is -0.121. The molecule has 0 spiro atoms. The van der Waals surface area contributed by atoms with Gasteiger partial charge in [0.2, 0.25) is 5.91 Å². The highest BCUT2D eigenvalue weighted by Crippen LogP contribution is 2.14. The van der Waals surface area contributed by atoms with Gasteiger partial charge in [-0.25, -0.2) is 4.79 Å². The second kappa shape index (κ2) is 9.05. The van der Waals surface area contributed by atoms with Gasteiger partial charge in [-0.1, -0.05) is 42.5 Å². The van der Waals surface area contributed by atoms with Crippen molar-refractivity contribution in [2.75, 3.05) is 13.7 Å². The van der Waals surface area contributed by atoms with Gasteiger partial charge in [0.15, 0.2) is 0 Å². The number of aromatic nitrogens is 3. The Hall–Kier alpha value is -3.61. The van der Waals surface area contributed by atoms with Gasteiger partial charge in [0, 0.05) is 13.0 Å². The summed E-state index contributed by atoms with van der Waals surface area (Å²) in [5, 5.41) is 7.27. The number of nitrogens with zero attached hydrogens (tertiary/aromatic N) is 3. The zero-order valence-electron chi connectivity index (χ0n) is 16.6. The molecule has 29 heavy (non-hydrogen) atoms. The molecule has 2 aromatic carbocycles. The van der Waals surface area contributed by atoms with Gasteiger partial charge in [0.1, 0.15) is 18.1 Å². The lowest BCUT2D eigenvalue weighted by Crippen LogP contribution is -2.34. The maximum Gasteiger partial charge on any atom is 0.351 e. The van der Waals surface area contributed by atoms with Gasteiger partial charge in [0.25, 0.3) is 0 Å². The summed E-state index contributed by atoms with van der Waals surface area (Å²) in [5.74, 6) is 0.936. The molecule has 0 radical (unpaired) electrons. The second-order valence-corrected chi connectivity index (χ2v) is 6.79. The summed E-state index contributed by atoms with van der Waals surface area (Å²) >= 11 is 0. The second-order valence-electron chi connectivity index (χ2n) is 6.79. The third-order valence-electron chi connectivity index (χ3n) is 4.35. The van der Waals surface area contributed by atoms with Gasteiger partial charge in [-0.3, -0.25) is 9.36 Å². The van der Waals surface area contributed by atoms with Crippen molar-refractivity contribution in [1.82, 2.24) is 19.7 Å². The Balaban J connectivity index is 1.96. The highest BCUT2D eigenvalue weighted by atomic mass is 16.5. The Morgan fingerprint density at radius 1 is 1.14 bits per heavy atom. The number of amides is 1. The fourth-order valence-electron chi connectivity index (χ4n) is 2.85. The fourth-order valence-corrected chi connectivity index (χ4v) is 2.85. The van der Waals surface area contributed by atoms with Gasteiger partial charge in [-0.15, -0.1) is 5.10 Å². The van der Waals surface area contributed by atoms with Gasteiger partial charge in [0.05, 0.1) is 12.8 Å². The molecule has 0 aliphatic carbocycles. The van der Waals surface area contributed by atoms with Crippen LogP contribution in [0.5, 0.6) is 5.75 Å². The summed E-state index contributed by atoms with van der Waals surface area (Å²) in [7, 11) is 1.58. The van der Waals surface area contributed by atoms with E-state index in [0.717, 1.165) is 11.1 Å². The summed E-state index contributed by atoms with van der Waals surface area (Å²) in [4.78, 5) is 25.4. The predicted molar refractivity (Wildman–Crippen MR) is 111 cm³/mol. The lowest BCUT2D eigenvalue weighted by atomic mass is 10.1. The number of carbonyl (C=O) groups excluding carboxylic acids is 1. The number of hydrogen-bond donors (Lipinski definition) is 1. The van der Waals surface area contributed by atoms with Crippen molar-refractivity contribution < 1.29 is 9.53 Å². The normalized spacial score (nSPS) is 10.6. The van der Waals surface area contributed by atoms with Crippen molar-refractivity contribution in [3.05, 3.63) is 88.6 Å². The van der Waals surface area contributed by atoms with Crippen molar-refractivity contribution in [2.24, 2.45) is 0 Å². The zero-order valence-corrected chi connectivity index (χ0v) is 16.6. The minimum Gasteiger partial charge on any atom is -0.497 e. The highest BCUT2D eigenvalue weighted by Gasteiger charge is 2.17. The number of rotatable bonds is 8. The van der Waals surface area contributed by atoms with E-state index in [1.54, 1.807) is 31.4 Å². The van der Waals surface area contributed by atoms with Gasteiger partial charge >= 0.3 is 5.69 Å². The monoisotopic (exact) mass is 392 g/mol. The van der Waals surface area contributed by atoms with Crippen molar-refractivity contribution in [1.29, 1.82) is 0 Å². The third kappa shape index (κ3) is 5.01. The molecule has 0 fully saturated rings. The maximum absolute atomic E-state index is 13.0. The number of hydrogen-bond acceptors (Lipinski definition) is 4. The largest absolute Gasteiger partial charge is 0.497 e. The summed E-state index contributed by atoms with van der Waals surface area (Å²) in [6, 6.07) is 16.7. The molecule has 0 atom stereocenters. The van der Waals surface area contributed by atoms with Crippen LogP contribution in [0.3, 0.4) is 0 Å². The number of nitrogens with one attached hydrogen (secondary N) is 1. The first kappa shape index (κ1) is 20.1. The topological polar surface area (TPSA) is 78.2 Å². The summed E-state index contributed by atoms with van der Waals surface area (Å²) in [6.07, 6.45) is 0.438. The number of carbonyl (C=O) groups is 1. The quantitative estimate of drug-likeness (QED) is 0.597. The van der Waals surface area contributed by atoms with Crippen LogP contribution in [0.1, 0.15) is 18.3 Å². The van der Waals surface area contributed by atoms with Crippen LogP contribution in [0.2, 0.25) is 0 Å². The highest BCUT2D eigenvalue weighted by molar-refractivity contribution is 5.76. The minimum absolute atomic E-state index is 0.107. The van der Waals surface area contributed by atoms with Gasteiger partial charge < -0.3 is 10.1 Å². The van der Waals surface area contributed by atoms with E-state index in [0.29, 0.717) is 30.2 Å². The summed E-state index contributed by atoms with van der Waals surface area (Å²) in [5.41, 5.74) is 2.07. The first-order valence-corrected chi connectivity index (χ1v) is 9.26. The molecule has 150 valence electrons. The Morgan fingerprint density at radius 2 is 1.83 bits per heavy atom. The fraction of sp³-hybridized carbons (Fsp3) is 0.227. The predicted octanol–water partition coefficient (Wildman–Crippen LogP) is 2.33. The van der Waals surface area contributed by atoms with Crippen LogP contribution >= 0.6 is 0 Å². The van der Waals surface area contributed by atoms with Gasteiger partial charge in [-0.2, -0.15) is 4.68 Å². The molecule has 0 aliphatic rings. The van der Waals surface area contributed by atoms with Crippen molar-refractivity contribution >= 4 is 5.91 Å². The van der Waals surface area contributed by atoms with E-state index in [4.69, 9.17) is 4.74 Å². The van der Waals surface area contributed by atoms with E-state index in [1.807, 2.05) is 37.3 Å². The van der Waals surface area contributed by atoms with Gasteiger partial charge in [-0.05, 0) is 36.8 Å². The molecule has 0 saturated carbocycles. The maximum atomic E-state index is 13.0. The lowest BCUT2D eigenvalue weighted by Gasteiger charge is -2.07. The van der Waals surface area contributed by atoms with Crippen molar-refractivity contribution in [3.8, 4) is 11.4 Å². The molecular formula is C22H24N4O3. The molecule has 3 rings (SSSR count). The van der Waals surface area contributed by atoms with Crippen LogP contribution in [0.4, 0.5) is 0 Å². The van der Waals surface area contributed by atoms with E-state index in [1.165, 1.54) is 9.25 Å². The van der Waals surface area contributed by atoms with Crippen molar-refractivity contribution in [3.63, 3.8) is 0 Å². The molecule has 0 saturated heterocycles. The van der Waals surface area contributed by atoms with E-state index >= 15 is 0 Å². The van der Waals surface area contributed by atoms with E-state index in [-0.39, 0.29) is 18.1 Å². The number of methoxy groups -OCH3 is 1. The molecule has 0 aliphatic heterocycles. The molecule has 7 heteroatoms. The smallest absolute Gasteiger partial charge is 0.351 e. The average Bonchev–Trinajstić information content (AvgIpc) is 3.02. The Kier molecular flexibility index (Phi) is 6.29. The van der Waals surface area contributed by atoms with Crippen LogP contribution in [-0.4, -0.2) is 33.9 Å². The first-order chi connectivity index (χ1) is 14.0. The molecular weight excluding hydrogens is 368 g/mol. The Labute approximate surface area is 169 Å². The SMILES string of the molecule is C=C(C)CNC(=O)Cn1c(Cc2ccccc2)nn(-c2ccc(OC)cc2)c1=O. The van der Waals surface area contributed by atoms with E-state index in [2.05, 4.69) is 17.0 Å². The number of benzene rings is 2. The molecule has 1 aromatic heterocycles. The third-order valence-corrected chi connectivity index (χ3v) is 4.35. The molecule has 0 unspecified atom stereocenters. The molecule has 1 heterocycles. The molecule has 1 amide bonds. The van der Waals surface area contributed by atoms with Crippen LogP contribution < -0.4 is 15.7 Å². The molecule has 1 N–H and O–H groups in total. The van der Waals surface area contributed by atoms with Crippen LogP contribution in [0, 0.1) is 0 Å². The summed E-state index contributed by atoms with van der Waals surface area (Å²) < 4.78 is 7.89. The van der Waals surface area contributed by atoms with Crippen molar-refractivity contribution in [2.45, 2.75) is 19.9 Å². The van der Waals surface area contributed by atoms with Crippen LogP contribution in [-0.2, 0) is 17.8 Å². The average molecular weight is 392 g/mol. The van der Waals surface area contributed by atoms with Crippen LogP contribution in [0.15, 0.2) is 71.5 Å². The molecule has 0 bridgehead atoms.